The van der Waals surface area contributed by atoms with Gasteiger partial charge in [0.1, 0.15) is 11.5 Å². The van der Waals surface area contributed by atoms with Gasteiger partial charge in [-0.2, -0.15) is 0 Å². The molecule has 1 atom stereocenters. The van der Waals surface area contributed by atoms with Crippen molar-refractivity contribution in [2.75, 3.05) is 13.7 Å². The Balaban J connectivity index is 2.49. The van der Waals surface area contributed by atoms with Crippen molar-refractivity contribution in [1.82, 2.24) is 5.32 Å². The lowest BCUT2D eigenvalue weighted by atomic mass is 9.82. The Hall–Kier alpha value is -1.22. The zero-order valence-corrected chi connectivity index (χ0v) is 12.1. The van der Waals surface area contributed by atoms with Gasteiger partial charge in [0.15, 0.2) is 0 Å². The van der Waals surface area contributed by atoms with Gasteiger partial charge in [0.05, 0.1) is 7.11 Å². The van der Waals surface area contributed by atoms with E-state index in [0.29, 0.717) is 23.6 Å². The average molecular weight is 251 g/mol. The summed E-state index contributed by atoms with van der Waals surface area (Å²) in [6.07, 6.45) is 0. The van der Waals surface area contributed by atoms with E-state index in [4.69, 9.17) is 4.74 Å². The smallest absolute Gasteiger partial charge is 0.123 e. The van der Waals surface area contributed by atoms with Gasteiger partial charge in [0.2, 0.25) is 0 Å². The minimum Gasteiger partial charge on any atom is -0.507 e. The Bertz CT molecular complexity index is 383. The second-order valence-electron chi connectivity index (χ2n) is 5.89. The topological polar surface area (TPSA) is 41.5 Å². The van der Waals surface area contributed by atoms with Gasteiger partial charge in [-0.1, -0.05) is 33.8 Å². The molecule has 0 aliphatic carbocycles. The fourth-order valence-corrected chi connectivity index (χ4v) is 1.55. The van der Waals surface area contributed by atoms with E-state index in [1.165, 1.54) is 0 Å². The number of phenols is 1. The van der Waals surface area contributed by atoms with Gasteiger partial charge in [-0.05, 0) is 23.9 Å². The summed E-state index contributed by atoms with van der Waals surface area (Å²) in [6.45, 7) is 10.6. The molecule has 1 aromatic carbocycles. The number of rotatable bonds is 5. The quantitative estimate of drug-likeness (QED) is 0.844. The maximum atomic E-state index is 9.83. The highest BCUT2D eigenvalue weighted by Crippen LogP contribution is 2.25. The van der Waals surface area contributed by atoms with Gasteiger partial charge in [-0.3, -0.25) is 0 Å². The predicted octanol–water partition coefficient (Wildman–Crippen LogP) is 3.17. The first-order valence-electron chi connectivity index (χ1n) is 6.41. The highest BCUT2D eigenvalue weighted by Gasteiger charge is 2.19. The minimum absolute atomic E-state index is 0.283. The second kappa shape index (κ2) is 6.10. The van der Waals surface area contributed by atoms with Crippen LogP contribution in [0, 0.1) is 11.3 Å². The minimum atomic E-state index is 0.283. The molecule has 0 saturated carbocycles. The lowest BCUT2D eigenvalue weighted by Crippen LogP contribution is -2.29. The second-order valence-corrected chi connectivity index (χ2v) is 5.89. The molecule has 3 heteroatoms. The number of phenolic OH excluding ortho intramolecular Hbond substituents is 1. The van der Waals surface area contributed by atoms with E-state index in [0.717, 1.165) is 12.1 Å². The van der Waals surface area contributed by atoms with Gasteiger partial charge in [-0.15, -0.1) is 0 Å². The molecule has 0 aromatic heterocycles. The molecule has 1 unspecified atom stereocenters. The van der Waals surface area contributed by atoms with Crippen molar-refractivity contribution in [3.63, 3.8) is 0 Å². The first-order chi connectivity index (χ1) is 8.34. The molecule has 0 bridgehead atoms. The van der Waals surface area contributed by atoms with Crippen LogP contribution in [0.2, 0.25) is 0 Å². The first kappa shape index (κ1) is 14.8. The third-order valence-corrected chi connectivity index (χ3v) is 3.54. The molecule has 0 spiro atoms. The molecular weight excluding hydrogens is 226 g/mol. The monoisotopic (exact) mass is 251 g/mol. The number of ether oxygens (including phenoxy) is 1. The van der Waals surface area contributed by atoms with E-state index in [9.17, 15) is 5.11 Å². The third-order valence-electron chi connectivity index (χ3n) is 3.54. The zero-order chi connectivity index (χ0) is 13.8. The van der Waals surface area contributed by atoms with Crippen LogP contribution in [0.1, 0.15) is 33.3 Å². The SMILES string of the molecule is COc1ccc(CNCC(C)C(C)(C)C)c(O)c1. The molecule has 1 rings (SSSR count). The summed E-state index contributed by atoms with van der Waals surface area (Å²) in [5, 5.41) is 13.2. The van der Waals surface area contributed by atoms with E-state index in [2.05, 4.69) is 33.0 Å². The Morgan fingerprint density at radius 3 is 2.50 bits per heavy atom. The fourth-order valence-electron chi connectivity index (χ4n) is 1.55. The van der Waals surface area contributed by atoms with Crippen molar-refractivity contribution >= 4 is 0 Å². The van der Waals surface area contributed by atoms with Crippen LogP contribution in [-0.4, -0.2) is 18.8 Å². The number of benzene rings is 1. The summed E-state index contributed by atoms with van der Waals surface area (Å²) in [6, 6.07) is 5.40. The van der Waals surface area contributed by atoms with Crippen LogP contribution in [-0.2, 0) is 6.54 Å². The Morgan fingerprint density at radius 2 is 2.00 bits per heavy atom. The summed E-state index contributed by atoms with van der Waals surface area (Å²) in [4.78, 5) is 0. The maximum Gasteiger partial charge on any atom is 0.123 e. The number of nitrogens with one attached hydrogen (secondary N) is 1. The molecule has 0 aliphatic heterocycles. The summed E-state index contributed by atoms with van der Waals surface area (Å²) in [5.41, 5.74) is 1.20. The van der Waals surface area contributed by atoms with Gasteiger partial charge in [-0.25, -0.2) is 0 Å². The van der Waals surface area contributed by atoms with Crippen molar-refractivity contribution in [2.45, 2.75) is 34.2 Å². The van der Waals surface area contributed by atoms with E-state index >= 15 is 0 Å². The molecule has 102 valence electrons. The van der Waals surface area contributed by atoms with Crippen molar-refractivity contribution in [3.8, 4) is 11.5 Å². The van der Waals surface area contributed by atoms with Crippen molar-refractivity contribution in [1.29, 1.82) is 0 Å². The van der Waals surface area contributed by atoms with Crippen LogP contribution < -0.4 is 10.1 Å². The van der Waals surface area contributed by atoms with E-state index in [1.807, 2.05) is 12.1 Å². The summed E-state index contributed by atoms with van der Waals surface area (Å²) < 4.78 is 5.06. The number of hydrogen-bond donors (Lipinski definition) is 2. The molecule has 2 N–H and O–H groups in total. The predicted molar refractivity (Wildman–Crippen MR) is 75.0 cm³/mol. The standard InChI is InChI=1S/C15H25NO2/c1-11(15(2,3)4)9-16-10-12-6-7-13(18-5)8-14(12)17/h6-8,11,16-17H,9-10H2,1-5H3. The highest BCUT2D eigenvalue weighted by molar-refractivity contribution is 5.39. The summed E-state index contributed by atoms with van der Waals surface area (Å²) >= 11 is 0. The molecule has 0 amide bonds. The molecular formula is C15H25NO2. The molecule has 0 aliphatic rings. The molecule has 0 saturated heterocycles. The van der Waals surface area contributed by atoms with Crippen LogP contribution in [0.15, 0.2) is 18.2 Å². The largest absolute Gasteiger partial charge is 0.507 e. The van der Waals surface area contributed by atoms with E-state index in [1.54, 1.807) is 13.2 Å². The number of aromatic hydroxyl groups is 1. The molecule has 1 aromatic rings. The zero-order valence-electron chi connectivity index (χ0n) is 12.1. The van der Waals surface area contributed by atoms with Crippen molar-refractivity contribution in [3.05, 3.63) is 23.8 Å². The molecule has 18 heavy (non-hydrogen) atoms. The lowest BCUT2D eigenvalue weighted by Gasteiger charge is -2.27. The summed E-state index contributed by atoms with van der Waals surface area (Å²) in [5.74, 6) is 1.54. The number of methoxy groups -OCH3 is 1. The van der Waals surface area contributed by atoms with Gasteiger partial charge in [0, 0.05) is 18.2 Å². The Kier molecular flexibility index (Phi) is 5.03. The van der Waals surface area contributed by atoms with Gasteiger partial charge >= 0.3 is 0 Å². The molecule has 0 radical (unpaired) electrons. The van der Waals surface area contributed by atoms with E-state index in [-0.39, 0.29) is 5.75 Å². The van der Waals surface area contributed by atoms with Gasteiger partial charge in [0.25, 0.3) is 0 Å². The van der Waals surface area contributed by atoms with E-state index < -0.39 is 0 Å². The van der Waals surface area contributed by atoms with Crippen molar-refractivity contribution in [2.24, 2.45) is 11.3 Å². The average Bonchev–Trinajstić information content (AvgIpc) is 2.29. The van der Waals surface area contributed by atoms with Crippen LogP contribution in [0.3, 0.4) is 0 Å². The van der Waals surface area contributed by atoms with Crippen LogP contribution >= 0.6 is 0 Å². The summed E-state index contributed by atoms with van der Waals surface area (Å²) in [7, 11) is 1.59. The molecule has 0 heterocycles. The van der Waals surface area contributed by atoms with Crippen LogP contribution in [0.4, 0.5) is 0 Å². The van der Waals surface area contributed by atoms with Gasteiger partial charge < -0.3 is 15.2 Å². The normalized spacial score (nSPS) is 13.4. The van der Waals surface area contributed by atoms with Crippen LogP contribution in [0.25, 0.3) is 0 Å². The number of hydrogen-bond acceptors (Lipinski definition) is 3. The third kappa shape index (κ3) is 4.22. The van der Waals surface area contributed by atoms with Crippen LogP contribution in [0.5, 0.6) is 11.5 Å². The molecule has 3 nitrogen and oxygen atoms in total. The Labute approximate surface area is 110 Å². The fraction of sp³-hybridized carbons (Fsp3) is 0.600. The maximum absolute atomic E-state index is 9.83. The highest BCUT2D eigenvalue weighted by atomic mass is 16.5. The van der Waals surface area contributed by atoms with Crippen molar-refractivity contribution < 1.29 is 9.84 Å². The molecule has 0 fully saturated rings. The Morgan fingerprint density at radius 1 is 1.33 bits per heavy atom. The lowest BCUT2D eigenvalue weighted by molar-refractivity contribution is 0.252. The first-order valence-corrected chi connectivity index (χ1v) is 6.41.